The van der Waals surface area contributed by atoms with Gasteiger partial charge in [-0.3, -0.25) is 14.4 Å². The third kappa shape index (κ3) is 7.69. The molecule has 8 heteroatoms. The maximum absolute atomic E-state index is 12.3. The van der Waals surface area contributed by atoms with Crippen LogP contribution in [-0.2, 0) is 22.7 Å². The van der Waals surface area contributed by atoms with Crippen LogP contribution in [-0.4, -0.2) is 28.3 Å². The molecular formula is C21H26N2O6. The number of amides is 1. The number of rotatable bonds is 12. The summed E-state index contributed by atoms with van der Waals surface area (Å²) in [5, 5.41) is 11.3. The van der Waals surface area contributed by atoms with Crippen molar-refractivity contribution in [2.24, 2.45) is 0 Å². The minimum absolute atomic E-state index is 0.0255. The van der Waals surface area contributed by atoms with Gasteiger partial charge >= 0.3 is 5.97 Å². The summed E-state index contributed by atoms with van der Waals surface area (Å²) in [6.45, 7) is 2.74. The molecule has 0 bridgehead atoms. The lowest BCUT2D eigenvalue weighted by molar-refractivity contribution is -0.138. The van der Waals surface area contributed by atoms with Crippen LogP contribution in [0.2, 0.25) is 0 Å². The summed E-state index contributed by atoms with van der Waals surface area (Å²) in [4.78, 5) is 40.5. The molecule has 0 saturated carbocycles. The molecule has 8 nitrogen and oxygen atoms in total. The van der Waals surface area contributed by atoms with E-state index in [0.29, 0.717) is 12.3 Å². The second kappa shape index (κ2) is 11.5. The van der Waals surface area contributed by atoms with Crippen molar-refractivity contribution in [3.63, 3.8) is 0 Å². The molecule has 0 unspecified atom stereocenters. The summed E-state index contributed by atoms with van der Waals surface area (Å²) in [5.41, 5.74) is 1.06. The highest BCUT2D eigenvalue weighted by Gasteiger charge is 2.12. The minimum Gasteiger partial charge on any atom is -0.488 e. The molecule has 0 saturated heterocycles. The van der Waals surface area contributed by atoms with Crippen LogP contribution in [0.1, 0.15) is 43.9 Å². The van der Waals surface area contributed by atoms with E-state index in [1.807, 2.05) is 37.3 Å². The summed E-state index contributed by atoms with van der Waals surface area (Å²) in [6, 6.07) is 10.9. The highest BCUT2D eigenvalue weighted by atomic mass is 16.7. The SMILES string of the molecule is CCCCOc1cn(OCc2ccccc2)c(CNC(=O)CCC(=O)O)cc1=O. The molecule has 0 atom stereocenters. The Bertz CT molecular complexity index is 863. The lowest BCUT2D eigenvalue weighted by atomic mass is 10.2. The largest absolute Gasteiger partial charge is 0.488 e. The number of nitrogens with zero attached hydrogens (tertiary/aromatic N) is 1. The van der Waals surface area contributed by atoms with Crippen LogP contribution in [0.25, 0.3) is 0 Å². The molecule has 1 aromatic carbocycles. The van der Waals surface area contributed by atoms with E-state index in [4.69, 9.17) is 14.7 Å². The van der Waals surface area contributed by atoms with Gasteiger partial charge in [-0.25, -0.2) is 0 Å². The van der Waals surface area contributed by atoms with Gasteiger partial charge in [-0.15, -0.1) is 0 Å². The van der Waals surface area contributed by atoms with E-state index in [9.17, 15) is 14.4 Å². The van der Waals surface area contributed by atoms with Crippen LogP contribution >= 0.6 is 0 Å². The first-order chi connectivity index (χ1) is 14.0. The van der Waals surface area contributed by atoms with E-state index in [-0.39, 0.29) is 37.2 Å². The Morgan fingerprint density at radius 1 is 1.17 bits per heavy atom. The summed E-state index contributed by atoms with van der Waals surface area (Å²) >= 11 is 0. The Balaban J connectivity index is 2.13. The standard InChI is InChI=1S/C21H26N2O6/c1-2-3-11-28-19-14-23(29-15-16-7-5-4-6-8-16)17(12-18(19)24)13-22-20(25)9-10-21(26)27/h4-8,12,14H,2-3,9-11,13,15H2,1H3,(H,22,25)(H,26,27). The number of pyridine rings is 1. The molecule has 0 aliphatic carbocycles. The second-order valence-electron chi connectivity index (χ2n) is 6.45. The van der Waals surface area contributed by atoms with Crippen molar-refractivity contribution in [1.29, 1.82) is 0 Å². The lowest BCUT2D eigenvalue weighted by Crippen LogP contribution is -2.28. The van der Waals surface area contributed by atoms with Crippen molar-refractivity contribution < 1.29 is 24.3 Å². The molecule has 2 aromatic rings. The van der Waals surface area contributed by atoms with Gasteiger partial charge in [0.15, 0.2) is 5.75 Å². The number of benzene rings is 1. The molecule has 1 heterocycles. The molecule has 0 radical (unpaired) electrons. The van der Waals surface area contributed by atoms with Gasteiger partial charge in [-0.1, -0.05) is 43.7 Å². The van der Waals surface area contributed by atoms with Gasteiger partial charge in [0, 0.05) is 12.5 Å². The van der Waals surface area contributed by atoms with Gasteiger partial charge in [0.2, 0.25) is 11.3 Å². The fourth-order valence-electron chi connectivity index (χ4n) is 2.44. The van der Waals surface area contributed by atoms with E-state index in [1.54, 1.807) is 0 Å². The monoisotopic (exact) mass is 402 g/mol. The Labute approximate surface area is 169 Å². The fourth-order valence-corrected chi connectivity index (χ4v) is 2.44. The zero-order chi connectivity index (χ0) is 21.1. The predicted molar refractivity (Wildman–Crippen MR) is 107 cm³/mol. The van der Waals surface area contributed by atoms with Crippen LogP contribution in [0.3, 0.4) is 0 Å². The Kier molecular flexibility index (Phi) is 8.75. The minimum atomic E-state index is -1.04. The first kappa shape index (κ1) is 22.0. The summed E-state index contributed by atoms with van der Waals surface area (Å²) in [5.74, 6) is -1.29. The molecule has 29 heavy (non-hydrogen) atoms. The average molecular weight is 402 g/mol. The van der Waals surface area contributed by atoms with Crippen molar-refractivity contribution in [1.82, 2.24) is 10.0 Å². The number of aliphatic carboxylic acids is 1. The molecule has 0 aliphatic rings. The van der Waals surface area contributed by atoms with Gasteiger partial charge < -0.3 is 20.0 Å². The quantitative estimate of drug-likeness (QED) is 0.527. The smallest absolute Gasteiger partial charge is 0.303 e. The molecule has 156 valence electrons. The average Bonchev–Trinajstić information content (AvgIpc) is 2.71. The first-order valence-electron chi connectivity index (χ1n) is 9.53. The summed E-state index contributed by atoms with van der Waals surface area (Å²) < 4.78 is 6.96. The van der Waals surface area contributed by atoms with Gasteiger partial charge in [-0.05, 0) is 12.0 Å². The van der Waals surface area contributed by atoms with Gasteiger partial charge in [0.05, 0.1) is 31.5 Å². The highest BCUT2D eigenvalue weighted by Crippen LogP contribution is 2.09. The number of hydrogen-bond acceptors (Lipinski definition) is 5. The Morgan fingerprint density at radius 3 is 2.62 bits per heavy atom. The fraction of sp³-hybridized carbons (Fsp3) is 0.381. The molecule has 0 spiro atoms. The van der Waals surface area contributed by atoms with Crippen molar-refractivity contribution in [3.8, 4) is 5.75 Å². The molecule has 1 aromatic heterocycles. The topological polar surface area (TPSA) is 107 Å². The number of hydrogen-bond donors (Lipinski definition) is 2. The number of carbonyl (C=O) groups excluding carboxylic acids is 1. The van der Waals surface area contributed by atoms with Crippen LogP contribution < -0.4 is 20.3 Å². The maximum atomic E-state index is 12.3. The molecular weight excluding hydrogens is 376 g/mol. The van der Waals surface area contributed by atoms with E-state index < -0.39 is 11.9 Å². The number of carboxylic acids is 1. The third-order valence-corrected chi connectivity index (χ3v) is 4.06. The number of carbonyl (C=O) groups is 2. The number of nitrogens with one attached hydrogen (secondary N) is 1. The van der Waals surface area contributed by atoms with E-state index in [2.05, 4.69) is 5.32 Å². The van der Waals surface area contributed by atoms with E-state index in [0.717, 1.165) is 18.4 Å². The maximum Gasteiger partial charge on any atom is 0.303 e. The number of ether oxygens (including phenoxy) is 1. The number of carboxylic acid groups (broad SMARTS) is 1. The van der Waals surface area contributed by atoms with Crippen LogP contribution in [0.4, 0.5) is 0 Å². The predicted octanol–water partition coefficient (Wildman–Crippen LogP) is 2.14. The van der Waals surface area contributed by atoms with Crippen LogP contribution in [0.5, 0.6) is 5.75 Å². The summed E-state index contributed by atoms with van der Waals surface area (Å²) in [6.07, 6.45) is 2.85. The van der Waals surface area contributed by atoms with E-state index in [1.165, 1.54) is 17.0 Å². The Morgan fingerprint density at radius 2 is 1.93 bits per heavy atom. The normalized spacial score (nSPS) is 10.4. The van der Waals surface area contributed by atoms with Gasteiger partial charge in [0.1, 0.15) is 6.61 Å². The van der Waals surface area contributed by atoms with E-state index >= 15 is 0 Å². The highest BCUT2D eigenvalue weighted by molar-refractivity contribution is 5.80. The zero-order valence-corrected chi connectivity index (χ0v) is 16.4. The molecule has 0 fully saturated rings. The second-order valence-corrected chi connectivity index (χ2v) is 6.45. The van der Waals surface area contributed by atoms with Crippen LogP contribution in [0.15, 0.2) is 47.4 Å². The molecule has 0 aliphatic heterocycles. The molecule has 1 amide bonds. The number of unbranched alkanes of at least 4 members (excludes halogenated alkanes) is 1. The van der Waals surface area contributed by atoms with Crippen molar-refractivity contribution >= 4 is 11.9 Å². The first-order valence-corrected chi connectivity index (χ1v) is 9.53. The lowest BCUT2D eigenvalue weighted by Gasteiger charge is -2.17. The van der Waals surface area contributed by atoms with Gasteiger partial charge in [0.25, 0.3) is 0 Å². The van der Waals surface area contributed by atoms with Crippen molar-refractivity contribution in [2.75, 3.05) is 6.61 Å². The molecule has 2 rings (SSSR count). The van der Waals surface area contributed by atoms with Crippen molar-refractivity contribution in [2.45, 2.75) is 45.8 Å². The molecule has 2 N–H and O–H groups in total. The van der Waals surface area contributed by atoms with Gasteiger partial charge in [-0.2, -0.15) is 4.73 Å². The van der Waals surface area contributed by atoms with Crippen molar-refractivity contribution in [3.05, 3.63) is 64.1 Å². The summed E-state index contributed by atoms with van der Waals surface area (Å²) in [7, 11) is 0. The Hall–Kier alpha value is -3.29. The number of aromatic nitrogens is 1. The van der Waals surface area contributed by atoms with Crippen LogP contribution in [0, 0.1) is 0 Å². The third-order valence-electron chi connectivity index (χ3n) is 4.06. The zero-order valence-electron chi connectivity index (χ0n) is 16.4.